The summed E-state index contributed by atoms with van der Waals surface area (Å²) in [5.74, 6) is -3.33. The van der Waals surface area contributed by atoms with Gasteiger partial charge in [0.1, 0.15) is 0 Å². The van der Waals surface area contributed by atoms with Gasteiger partial charge in [-0.05, 0) is 148 Å². The standard InChI is InChI=1S/C24H20Cl4I6N6O6Si/c1-47(2,5-3-7(41)35-19-15(31)9(21(43)37-25)13(29)10(16(19)32)22(44)38-26)6-4-8(42)36-20-17(33)11(23(45)39-27)14(30)12(18(20)34)24(46)40-28/h3-6H2,1-2H3,(H,35,41)(H,36,42)(H,37,43)(H,38,44)(H,39,45)(H,40,46). The Morgan fingerprint density at radius 1 is 0.489 bits per heavy atom. The van der Waals surface area contributed by atoms with Crippen LogP contribution in [0.3, 0.4) is 0 Å². The molecule has 12 nitrogen and oxygen atoms in total. The Hall–Kier alpha value is 1.02. The van der Waals surface area contributed by atoms with Gasteiger partial charge in [-0.1, -0.05) is 13.1 Å². The fourth-order valence-corrected chi connectivity index (χ4v) is 15.2. The number of carbonyl (C=O) groups is 6. The predicted octanol–water partition coefficient (Wildman–Crippen LogP) is 7.91. The first kappa shape index (κ1) is 44.2. The number of halogens is 10. The maximum absolute atomic E-state index is 13.1. The Balaban J connectivity index is 2.23. The molecule has 0 unspecified atom stereocenters. The third-order valence-corrected chi connectivity index (χ3v) is 16.8. The molecule has 0 spiro atoms. The quantitative estimate of drug-likeness (QED) is 0.0716. The van der Waals surface area contributed by atoms with Crippen molar-refractivity contribution in [1.82, 2.24) is 19.3 Å². The molecule has 6 N–H and O–H groups in total. The van der Waals surface area contributed by atoms with Crippen molar-refractivity contribution in [2.75, 3.05) is 10.6 Å². The van der Waals surface area contributed by atoms with E-state index in [0.29, 0.717) is 33.5 Å². The van der Waals surface area contributed by atoms with Crippen LogP contribution in [0, 0.1) is 21.4 Å². The second-order valence-electron chi connectivity index (χ2n) is 10.1. The minimum Gasteiger partial charge on any atom is -0.324 e. The zero-order valence-electron chi connectivity index (χ0n) is 23.6. The fourth-order valence-electron chi connectivity index (χ4n) is 3.97. The molecular weight excluding hydrogens is 1400 g/mol. The number of amides is 6. The zero-order chi connectivity index (χ0) is 36.0. The number of hydrogen-bond donors (Lipinski definition) is 6. The van der Waals surface area contributed by atoms with Crippen LogP contribution in [-0.2, 0) is 9.59 Å². The summed E-state index contributed by atoms with van der Waals surface area (Å²) in [7, 11) is -2.13. The molecule has 0 saturated carbocycles. The van der Waals surface area contributed by atoms with Crippen molar-refractivity contribution >= 4 is 238 Å². The topological polar surface area (TPSA) is 175 Å². The number of hydrogen-bond acceptors (Lipinski definition) is 6. The Bertz CT molecular complexity index is 1470. The van der Waals surface area contributed by atoms with Gasteiger partial charge in [0.05, 0.1) is 47.9 Å². The monoisotopic (exact) mass is 1420 g/mol. The number of rotatable bonds is 12. The molecule has 0 atom stereocenters. The second-order valence-corrected chi connectivity index (χ2v) is 22.6. The van der Waals surface area contributed by atoms with Crippen molar-refractivity contribution in [2.45, 2.75) is 38.0 Å². The lowest BCUT2D eigenvalue weighted by Crippen LogP contribution is -2.30. The molecule has 2 aromatic carbocycles. The van der Waals surface area contributed by atoms with Crippen molar-refractivity contribution in [3.8, 4) is 0 Å². The van der Waals surface area contributed by atoms with Crippen molar-refractivity contribution in [3.63, 3.8) is 0 Å². The highest BCUT2D eigenvalue weighted by atomic mass is 127. The molecule has 0 radical (unpaired) electrons. The van der Waals surface area contributed by atoms with Crippen LogP contribution in [0.2, 0.25) is 25.2 Å². The number of carbonyl (C=O) groups excluding carboxylic acids is 6. The molecule has 6 amide bonds. The third kappa shape index (κ3) is 11.0. The molecule has 256 valence electrons. The van der Waals surface area contributed by atoms with Crippen LogP contribution < -0.4 is 30.0 Å². The number of nitrogens with one attached hydrogen (secondary N) is 6. The van der Waals surface area contributed by atoms with E-state index in [9.17, 15) is 28.8 Å². The van der Waals surface area contributed by atoms with Gasteiger partial charge < -0.3 is 10.6 Å². The molecule has 0 aliphatic heterocycles. The lowest BCUT2D eigenvalue weighted by molar-refractivity contribution is -0.116. The summed E-state index contributed by atoms with van der Waals surface area (Å²) in [5.41, 5.74) is 0.971. The maximum atomic E-state index is 13.1. The lowest BCUT2D eigenvalue weighted by atomic mass is 10.1. The van der Waals surface area contributed by atoms with Crippen LogP contribution >= 0.6 is 183 Å². The van der Waals surface area contributed by atoms with Gasteiger partial charge in [-0.2, -0.15) is 0 Å². The molecule has 0 heterocycles. The van der Waals surface area contributed by atoms with Gasteiger partial charge in [-0.3, -0.25) is 48.1 Å². The average Bonchev–Trinajstić information content (AvgIpc) is 3.02. The minimum atomic E-state index is -2.13. The van der Waals surface area contributed by atoms with Crippen molar-refractivity contribution in [3.05, 3.63) is 43.7 Å². The highest BCUT2D eigenvalue weighted by molar-refractivity contribution is 14.1. The largest absolute Gasteiger partial charge is 0.324 e. The van der Waals surface area contributed by atoms with E-state index in [0.717, 1.165) is 0 Å². The Morgan fingerprint density at radius 3 is 0.936 bits per heavy atom. The summed E-state index contributed by atoms with van der Waals surface area (Å²) in [4.78, 5) is 84.5. The fraction of sp³-hybridized carbons (Fsp3) is 0.250. The SMILES string of the molecule is C[Si](C)(CCC(=O)Nc1c(I)c(C(=O)NCl)c(I)c(C(=O)NCl)c1I)CCC(=O)Nc1c(I)c(C(=O)NCl)c(I)c(C(=O)NCl)c1I. The molecule has 47 heavy (non-hydrogen) atoms. The minimum absolute atomic E-state index is 0.108. The summed E-state index contributed by atoms with van der Waals surface area (Å²) in [6, 6.07) is 1.04. The smallest absolute Gasteiger partial charge is 0.267 e. The van der Waals surface area contributed by atoms with E-state index >= 15 is 0 Å². The van der Waals surface area contributed by atoms with Gasteiger partial charge in [0, 0.05) is 75.2 Å². The Labute approximate surface area is 372 Å². The van der Waals surface area contributed by atoms with Crippen LogP contribution in [0.4, 0.5) is 11.4 Å². The van der Waals surface area contributed by atoms with E-state index in [4.69, 9.17) is 47.1 Å². The maximum Gasteiger partial charge on any atom is 0.267 e. The molecule has 0 aromatic heterocycles. The van der Waals surface area contributed by atoms with Gasteiger partial charge in [0.25, 0.3) is 23.6 Å². The van der Waals surface area contributed by atoms with Crippen LogP contribution in [0.25, 0.3) is 0 Å². The molecule has 2 aromatic rings. The molecular formula is C24H20Cl4I6N6O6Si. The highest BCUT2D eigenvalue weighted by Gasteiger charge is 2.31. The molecule has 0 fully saturated rings. The molecule has 23 heteroatoms. The number of anilines is 2. The zero-order valence-corrected chi connectivity index (χ0v) is 40.5. The van der Waals surface area contributed by atoms with Crippen molar-refractivity contribution in [1.29, 1.82) is 0 Å². The molecule has 0 aliphatic rings. The van der Waals surface area contributed by atoms with Gasteiger partial charge >= 0.3 is 0 Å². The Kier molecular flexibility index (Phi) is 18.6. The van der Waals surface area contributed by atoms with Crippen LogP contribution in [-0.4, -0.2) is 43.5 Å². The van der Waals surface area contributed by atoms with Gasteiger partial charge in [0.2, 0.25) is 11.8 Å². The van der Waals surface area contributed by atoms with Crippen LogP contribution in [0.5, 0.6) is 0 Å². The van der Waals surface area contributed by atoms with Crippen LogP contribution in [0.1, 0.15) is 54.3 Å². The first-order chi connectivity index (χ1) is 21.9. The Morgan fingerprint density at radius 2 is 0.723 bits per heavy atom. The van der Waals surface area contributed by atoms with Crippen LogP contribution in [0.15, 0.2) is 0 Å². The van der Waals surface area contributed by atoms with Gasteiger partial charge in [-0.25, -0.2) is 0 Å². The summed E-state index contributed by atoms with van der Waals surface area (Å²) in [5, 5.41) is 5.65. The highest BCUT2D eigenvalue weighted by Crippen LogP contribution is 2.38. The molecule has 2 rings (SSSR count). The first-order valence-corrected chi connectivity index (χ1v) is 23.9. The first-order valence-electron chi connectivity index (χ1n) is 12.5. The van der Waals surface area contributed by atoms with E-state index in [1.54, 1.807) is 0 Å². The number of benzene rings is 2. The normalized spacial score (nSPS) is 11.0. The van der Waals surface area contributed by atoms with E-state index in [-0.39, 0.29) is 58.3 Å². The van der Waals surface area contributed by atoms with Gasteiger partial charge in [0.15, 0.2) is 0 Å². The van der Waals surface area contributed by atoms with E-state index in [1.807, 2.05) is 168 Å². The van der Waals surface area contributed by atoms with Crippen molar-refractivity contribution in [2.24, 2.45) is 0 Å². The van der Waals surface area contributed by atoms with Crippen molar-refractivity contribution < 1.29 is 28.8 Å². The van der Waals surface area contributed by atoms with E-state index in [1.165, 1.54) is 0 Å². The predicted molar refractivity (Wildman–Crippen MR) is 236 cm³/mol. The average molecular weight is 1420 g/mol. The van der Waals surface area contributed by atoms with E-state index in [2.05, 4.69) is 10.6 Å². The molecule has 0 aliphatic carbocycles. The lowest BCUT2D eigenvalue weighted by Gasteiger charge is -2.23. The summed E-state index contributed by atoms with van der Waals surface area (Å²) < 4.78 is 2.18. The second kappa shape index (κ2) is 19.7. The molecule has 0 saturated heterocycles. The third-order valence-electron chi connectivity index (χ3n) is 6.47. The summed E-state index contributed by atoms with van der Waals surface area (Å²) in [6.07, 6.45) is 0.238. The summed E-state index contributed by atoms with van der Waals surface area (Å²) in [6.45, 7) is 4.09. The summed E-state index contributed by atoms with van der Waals surface area (Å²) >= 11 is 33.6. The van der Waals surface area contributed by atoms with E-state index < -0.39 is 31.7 Å². The molecule has 0 bridgehead atoms. The van der Waals surface area contributed by atoms with Gasteiger partial charge in [-0.15, -0.1) is 0 Å².